The minimum Gasteiger partial charge on any atom is -0.396 e. The average Bonchev–Trinajstić information content (AvgIpc) is 2.28. The summed E-state index contributed by atoms with van der Waals surface area (Å²) in [7, 11) is 0. The second kappa shape index (κ2) is 5.95. The summed E-state index contributed by atoms with van der Waals surface area (Å²) in [5.41, 5.74) is 1.05. The lowest BCUT2D eigenvalue weighted by Crippen LogP contribution is -2.48. The molecule has 0 spiro atoms. The van der Waals surface area contributed by atoms with Gasteiger partial charge in [0.15, 0.2) is 0 Å². The molecule has 0 radical (unpaired) electrons. The standard InChI is InChI=1S/C11H15BrN4O/c1-2-3-4-17-15-10-7-16(8-10)11-13-5-9(12)6-14-11/h5-6H,2-4,7-8H2,1H3. The fourth-order valence-corrected chi connectivity index (χ4v) is 1.61. The van der Waals surface area contributed by atoms with Crippen molar-refractivity contribution in [1.82, 2.24) is 9.97 Å². The molecule has 1 aliphatic heterocycles. The number of nitrogens with zero attached hydrogens (tertiary/aromatic N) is 4. The van der Waals surface area contributed by atoms with E-state index in [4.69, 9.17) is 4.84 Å². The summed E-state index contributed by atoms with van der Waals surface area (Å²) in [4.78, 5) is 15.7. The monoisotopic (exact) mass is 298 g/mol. The number of halogens is 1. The van der Waals surface area contributed by atoms with Crippen LogP contribution in [0.2, 0.25) is 0 Å². The fraction of sp³-hybridized carbons (Fsp3) is 0.545. The number of rotatable bonds is 5. The Labute approximate surface area is 109 Å². The van der Waals surface area contributed by atoms with Crippen LogP contribution in [0.1, 0.15) is 19.8 Å². The molecule has 0 unspecified atom stereocenters. The first-order valence-electron chi connectivity index (χ1n) is 5.70. The van der Waals surface area contributed by atoms with Crippen molar-refractivity contribution >= 4 is 27.6 Å². The second-order valence-corrected chi connectivity index (χ2v) is 4.82. The van der Waals surface area contributed by atoms with E-state index in [9.17, 15) is 0 Å². The molecule has 0 aliphatic carbocycles. The van der Waals surface area contributed by atoms with Crippen LogP contribution in [0.15, 0.2) is 22.0 Å². The highest BCUT2D eigenvalue weighted by Crippen LogP contribution is 2.15. The fourth-order valence-electron chi connectivity index (χ4n) is 1.41. The Morgan fingerprint density at radius 3 is 2.76 bits per heavy atom. The molecule has 1 fully saturated rings. The van der Waals surface area contributed by atoms with Crippen LogP contribution < -0.4 is 4.90 Å². The highest BCUT2D eigenvalue weighted by Gasteiger charge is 2.24. The lowest BCUT2D eigenvalue weighted by atomic mass is 10.2. The second-order valence-electron chi connectivity index (χ2n) is 3.90. The van der Waals surface area contributed by atoms with Crippen LogP contribution in [0.4, 0.5) is 5.95 Å². The summed E-state index contributed by atoms with van der Waals surface area (Å²) in [6, 6.07) is 0. The summed E-state index contributed by atoms with van der Waals surface area (Å²) in [6.07, 6.45) is 5.67. The van der Waals surface area contributed by atoms with Gasteiger partial charge in [-0.15, -0.1) is 0 Å². The minimum absolute atomic E-state index is 0.703. The summed E-state index contributed by atoms with van der Waals surface area (Å²) in [6.45, 7) is 4.35. The van der Waals surface area contributed by atoms with E-state index < -0.39 is 0 Å². The molecule has 0 aromatic carbocycles. The van der Waals surface area contributed by atoms with Gasteiger partial charge in [-0.1, -0.05) is 18.5 Å². The van der Waals surface area contributed by atoms with Crippen molar-refractivity contribution < 1.29 is 4.84 Å². The van der Waals surface area contributed by atoms with Crippen LogP contribution in [-0.4, -0.2) is 35.4 Å². The molecule has 2 rings (SSSR count). The first-order chi connectivity index (χ1) is 8.29. The van der Waals surface area contributed by atoms with E-state index in [1.807, 2.05) is 0 Å². The van der Waals surface area contributed by atoms with Gasteiger partial charge < -0.3 is 9.74 Å². The third kappa shape index (κ3) is 3.39. The van der Waals surface area contributed by atoms with Crippen LogP contribution in [-0.2, 0) is 4.84 Å². The molecule has 0 atom stereocenters. The number of anilines is 1. The molecule has 0 amide bonds. The molecule has 5 nitrogen and oxygen atoms in total. The number of hydrogen-bond acceptors (Lipinski definition) is 5. The Hall–Kier alpha value is -1.17. The van der Waals surface area contributed by atoms with Gasteiger partial charge in [-0.2, -0.15) is 0 Å². The van der Waals surface area contributed by atoms with E-state index in [0.29, 0.717) is 6.61 Å². The van der Waals surface area contributed by atoms with E-state index in [2.05, 4.69) is 42.9 Å². The predicted molar refractivity (Wildman–Crippen MR) is 70.2 cm³/mol. The Morgan fingerprint density at radius 2 is 2.12 bits per heavy atom. The lowest BCUT2D eigenvalue weighted by Gasteiger charge is -2.31. The molecule has 2 heterocycles. The van der Waals surface area contributed by atoms with E-state index in [0.717, 1.165) is 42.1 Å². The number of hydrogen-bond donors (Lipinski definition) is 0. The molecular formula is C11H15BrN4O. The summed E-state index contributed by atoms with van der Waals surface area (Å²) in [5, 5.41) is 4.07. The highest BCUT2D eigenvalue weighted by atomic mass is 79.9. The Balaban J connectivity index is 1.76. The van der Waals surface area contributed by atoms with Gasteiger partial charge in [0, 0.05) is 12.4 Å². The number of oxime groups is 1. The number of unbranched alkanes of at least 4 members (excludes halogenated alkanes) is 1. The molecule has 17 heavy (non-hydrogen) atoms. The van der Waals surface area contributed by atoms with Crippen LogP contribution >= 0.6 is 15.9 Å². The van der Waals surface area contributed by atoms with E-state index in [-0.39, 0.29) is 0 Å². The summed E-state index contributed by atoms with van der Waals surface area (Å²) in [5.74, 6) is 0.737. The molecule has 1 saturated heterocycles. The molecule has 1 aliphatic rings. The van der Waals surface area contributed by atoms with Gasteiger partial charge in [0.05, 0.1) is 23.3 Å². The van der Waals surface area contributed by atoms with Gasteiger partial charge in [-0.25, -0.2) is 9.97 Å². The van der Waals surface area contributed by atoms with E-state index >= 15 is 0 Å². The van der Waals surface area contributed by atoms with E-state index in [1.165, 1.54) is 0 Å². The largest absolute Gasteiger partial charge is 0.396 e. The van der Waals surface area contributed by atoms with Crippen molar-refractivity contribution in [3.8, 4) is 0 Å². The summed E-state index contributed by atoms with van der Waals surface area (Å²) < 4.78 is 0.888. The SMILES string of the molecule is CCCCON=C1CN(c2ncc(Br)cn2)C1. The van der Waals surface area contributed by atoms with Crippen molar-refractivity contribution in [2.24, 2.45) is 5.16 Å². The quantitative estimate of drug-likeness (QED) is 0.618. The zero-order valence-corrected chi connectivity index (χ0v) is 11.4. The zero-order valence-electron chi connectivity index (χ0n) is 9.77. The van der Waals surface area contributed by atoms with Crippen molar-refractivity contribution in [2.45, 2.75) is 19.8 Å². The number of aromatic nitrogens is 2. The maximum absolute atomic E-state index is 5.19. The molecule has 1 aromatic heterocycles. The van der Waals surface area contributed by atoms with Crippen molar-refractivity contribution in [2.75, 3.05) is 24.6 Å². The Kier molecular flexibility index (Phi) is 4.30. The zero-order chi connectivity index (χ0) is 12.1. The van der Waals surface area contributed by atoms with Gasteiger partial charge in [-0.05, 0) is 22.4 Å². The van der Waals surface area contributed by atoms with Crippen LogP contribution in [0.5, 0.6) is 0 Å². The Morgan fingerprint density at radius 1 is 1.41 bits per heavy atom. The lowest BCUT2D eigenvalue weighted by molar-refractivity contribution is 0.139. The van der Waals surface area contributed by atoms with Crippen molar-refractivity contribution in [3.63, 3.8) is 0 Å². The van der Waals surface area contributed by atoms with Crippen LogP contribution in [0.25, 0.3) is 0 Å². The topological polar surface area (TPSA) is 50.6 Å². The predicted octanol–water partition coefficient (Wildman–Crippen LogP) is 2.23. The molecule has 6 heteroatoms. The summed E-state index contributed by atoms with van der Waals surface area (Å²) >= 11 is 3.31. The van der Waals surface area contributed by atoms with Crippen LogP contribution in [0, 0.1) is 0 Å². The third-order valence-electron chi connectivity index (χ3n) is 2.42. The Bertz CT molecular complexity index is 385. The molecular weight excluding hydrogens is 284 g/mol. The van der Waals surface area contributed by atoms with Gasteiger partial charge in [0.1, 0.15) is 6.61 Å². The molecule has 1 aromatic rings. The molecule has 92 valence electrons. The van der Waals surface area contributed by atoms with Gasteiger partial charge in [0.2, 0.25) is 5.95 Å². The van der Waals surface area contributed by atoms with Crippen molar-refractivity contribution in [3.05, 3.63) is 16.9 Å². The van der Waals surface area contributed by atoms with Gasteiger partial charge in [0.25, 0.3) is 0 Å². The van der Waals surface area contributed by atoms with Gasteiger partial charge >= 0.3 is 0 Å². The normalized spacial score (nSPS) is 14.5. The third-order valence-corrected chi connectivity index (χ3v) is 2.83. The van der Waals surface area contributed by atoms with Gasteiger partial charge in [-0.3, -0.25) is 0 Å². The molecule has 0 saturated carbocycles. The first kappa shape index (κ1) is 12.3. The maximum Gasteiger partial charge on any atom is 0.226 e. The van der Waals surface area contributed by atoms with Crippen molar-refractivity contribution in [1.29, 1.82) is 0 Å². The first-order valence-corrected chi connectivity index (χ1v) is 6.49. The highest BCUT2D eigenvalue weighted by molar-refractivity contribution is 9.10. The average molecular weight is 299 g/mol. The smallest absolute Gasteiger partial charge is 0.226 e. The molecule has 0 N–H and O–H groups in total. The molecule has 0 bridgehead atoms. The minimum atomic E-state index is 0.703. The van der Waals surface area contributed by atoms with Crippen LogP contribution in [0.3, 0.4) is 0 Å². The maximum atomic E-state index is 5.19. The van der Waals surface area contributed by atoms with E-state index in [1.54, 1.807) is 12.4 Å².